The minimum atomic E-state index is -0.952. The standard InChI is InChI=1S/C12H20N4O3/c1-4-7-16-10(5-6-13-16)14-11(17)8-15(3)9(2)12(18)19/h5-6,9H,4,7-8H2,1-3H3,(H,14,17)(H,18,19). The highest BCUT2D eigenvalue weighted by Crippen LogP contribution is 2.07. The third kappa shape index (κ3) is 4.36. The lowest BCUT2D eigenvalue weighted by Gasteiger charge is -2.20. The van der Waals surface area contributed by atoms with Gasteiger partial charge in [-0.3, -0.25) is 14.5 Å². The summed E-state index contributed by atoms with van der Waals surface area (Å²) in [5.41, 5.74) is 0. The number of carboxylic acids is 1. The SMILES string of the molecule is CCCn1nccc1NC(=O)CN(C)C(C)C(=O)O. The Morgan fingerprint density at radius 3 is 2.84 bits per heavy atom. The Kier molecular flexibility index (Phi) is 5.50. The van der Waals surface area contributed by atoms with Crippen molar-refractivity contribution >= 4 is 17.7 Å². The molecular formula is C12H20N4O3. The first-order chi connectivity index (χ1) is 8.95. The number of anilines is 1. The van der Waals surface area contributed by atoms with E-state index < -0.39 is 12.0 Å². The van der Waals surface area contributed by atoms with Gasteiger partial charge in [0.15, 0.2) is 0 Å². The number of amides is 1. The van der Waals surface area contributed by atoms with Gasteiger partial charge in [0.1, 0.15) is 11.9 Å². The molecular weight excluding hydrogens is 248 g/mol. The molecule has 0 aromatic carbocycles. The van der Waals surface area contributed by atoms with Crippen LogP contribution in [0.15, 0.2) is 12.3 Å². The molecule has 1 unspecified atom stereocenters. The third-order valence-electron chi connectivity index (χ3n) is 2.83. The maximum Gasteiger partial charge on any atom is 0.320 e. The van der Waals surface area contributed by atoms with Crippen molar-refractivity contribution < 1.29 is 14.7 Å². The van der Waals surface area contributed by atoms with Crippen LogP contribution in [-0.4, -0.2) is 51.3 Å². The monoisotopic (exact) mass is 268 g/mol. The molecule has 0 radical (unpaired) electrons. The van der Waals surface area contributed by atoms with E-state index in [-0.39, 0.29) is 12.5 Å². The summed E-state index contributed by atoms with van der Waals surface area (Å²) < 4.78 is 1.71. The smallest absolute Gasteiger partial charge is 0.320 e. The predicted octanol–water partition coefficient (Wildman–Crippen LogP) is 0.636. The van der Waals surface area contributed by atoms with Crippen LogP contribution in [0.25, 0.3) is 0 Å². The average Bonchev–Trinajstić information content (AvgIpc) is 2.75. The van der Waals surface area contributed by atoms with Gasteiger partial charge in [-0.05, 0) is 20.4 Å². The Bertz CT molecular complexity index is 444. The van der Waals surface area contributed by atoms with Gasteiger partial charge in [-0.2, -0.15) is 5.10 Å². The Hall–Kier alpha value is -1.89. The Morgan fingerprint density at radius 1 is 1.58 bits per heavy atom. The van der Waals surface area contributed by atoms with Crippen molar-refractivity contribution in [2.24, 2.45) is 0 Å². The van der Waals surface area contributed by atoms with Crippen LogP contribution in [0, 0.1) is 0 Å². The van der Waals surface area contributed by atoms with E-state index in [4.69, 9.17) is 5.11 Å². The number of nitrogens with zero attached hydrogens (tertiary/aromatic N) is 3. The first-order valence-electron chi connectivity index (χ1n) is 6.20. The lowest BCUT2D eigenvalue weighted by Crippen LogP contribution is -2.40. The molecule has 1 rings (SSSR count). The number of likely N-dealkylation sites (N-methyl/N-ethyl adjacent to an activating group) is 1. The zero-order chi connectivity index (χ0) is 14.4. The second-order valence-electron chi connectivity index (χ2n) is 4.42. The summed E-state index contributed by atoms with van der Waals surface area (Å²) in [5, 5.41) is 15.7. The van der Waals surface area contributed by atoms with Gasteiger partial charge in [-0.25, -0.2) is 4.68 Å². The Balaban J connectivity index is 2.55. The van der Waals surface area contributed by atoms with Gasteiger partial charge in [-0.1, -0.05) is 6.92 Å². The molecule has 1 atom stereocenters. The normalized spacial score (nSPS) is 12.4. The second-order valence-corrected chi connectivity index (χ2v) is 4.42. The molecule has 0 saturated carbocycles. The van der Waals surface area contributed by atoms with Crippen molar-refractivity contribution in [3.63, 3.8) is 0 Å². The van der Waals surface area contributed by atoms with Gasteiger partial charge >= 0.3 is 5.97 Å². The van der Waals surface area contributed by atoms with Crippen LogP contribution < -0.4 is 5.32 Å². The molecule has 0 aliphatic heterocycles. The molecule has 2 N–H and O–H groups in total. The molecule has 0 bridgehead atoms. The van der Waals surface area contributed by atoms with Crippen LogP contribution in [0.5, 0.6) is 0 Å². The molecule has 0 saturated heterocycles. The van der Waals surface area contributed by atoms with Crippen molar-refractivity contribution in [1.82, 2.24) is 14.7 Å². The number of rotatable bonds is 7. The van der Waals surface area contributed by atoms with Crippen molar-refractivity contribution in [3.05, 3.63) is 12.3 Å². The van der Waals surface area contributed by atoms with Crippen LogP contribution in [0.2, 0.25) is 0 Å². The molecule has 0 aliphatic rings. The van der Waals surface area contributed by atoms with E-state index in [9.17, 15) is 9.59 Å². The summed E-state index contributed by atoms with van der Waals surface area (Å²) in [7, 11) is 1.60. The third-order valence-corrected chi connectivity index (χ3v) is 2.83. The average molecular weight is 268 g/mol. The van der Waals surface area contributed by atoms with Crippen LogP contribution >= 0.6 is 0 Å². The van der Waals surface area contributed by atoms with Crippen LogP contribution in [0.3, 0.4) is 0 Å². The van der Waals surface area contributed by atoms with Gasteiger partial charge in [-0.15, -0.1) is 0 Å². The summed E-state index contributed by atoms with van der Waals surface area (Å²) >= 11 is 0. The minimum absolute atomic E-state index is 0.0186. The summed E-state index contributed by atoms with van der Waals surface area (Å²) in [6, 6.07) is 1.01. The topological polar surface area (TPSA) is 87.5 Å². The zero-order valence-electron chi connectivity index (χ0n) is 11.5. The molecule has 7 nitrogen and oxygen atoms in total. The molecule has 19 heavy (non-hydrogen) atoms. The van der Waals surface area contributed by atoms with Crippen LogP contribution in [-0.2, 0) is 16.1 Å². The number of aryl methyl sites for hydroxylation is 1. The highest BCUT2D eigenvalue weighted by atomic mass is 16.4. The second kappa shape index (κ2) is 6.89. The number of hydrogen-bond donors (Lipinski definition) is 2. The Morgan fingerprint density at radius 2 is 2.26 bits per heavy atom. The van der Waals surface area contributed by atoms with Gasteiger partial charge in [0.25, 0.3) is 0 Å². The van der Waals surface area contributed by atoms with E-state index in [0.717, 1.165) is 13.0 Å². The first kappa shape index (κ1) is 15.2. The number of aliphatic carboxylic acids is 1. The fraction of sp³-hybridized carbons (Fsp3) is 0.583. The van der Waals surface area contributed by atoms with E-state index in [1.165, 1.54) is 11.8 Å². The molecule has 0 aliphatic carbocycles. The summed E-state index contributed by atoms with van der Waals surface area (Å²) in [4.78, 5) is 24.1. The van der Waals surface area contributed by atoms with E-state index >= 15 is 0 Å². The van der Waals surface area contributed by atoms with Crippen LogP contribution in [0.1, 0.15) is 20.3 Å². The number of carboxylic acid groups (broad SMARTS) is 1. The summed E-state index contributed by atoms with van der Waals surface area (Å²) in [6.07, 6.45) is 2.54. The predicted molar refractivity (Wildman–Crippen MR) is 70.9 cm³/mol. The maximum absolute atomic E-state index is 11.8. The molecule has 7 heteroatoms. The van der Waals surface area contributed by atoms with E-state index in [1.807, 2.05) is 6.92 Å². The first-order valence-corrected chi connectivity index (χ1v) is 6.20. The lowest BCUT2D eigenvalue weighted by molar-refractivity contribution is -0.142. The fourth-order valence-electron chi connectivity index (χ4n) is 1.56. The number of aromatic nitrogens is 2. The maximum atomic E-state index is 11.8. The minimum Gasteiger partial charge on any atom is -0.480 e. The van der Waals surface area contributed by atoms with Crippen LogP contribution in [0.4, 0.5) is 5.82 Å². The number of carbonyl (C=O) groups excluding carboxylic acids is 1. The lowest BCUT2D eigenvalue weighted by atomic mass is 10.3. The fourth-order valence-corrected chi connectivity index (χ4v) is 1.56. The van der Waals surface area contributed by atoms with Gasteiger partial charge in [0, 0.05) is 12.6 Å². The largest absolute Gasteiger partial charge is 0.480 e. The molecule has 1 aromatic heterocycles. The van der Waals surface area contributed by atoms with Crippen molar-refractivity contribution in [2.75, 3.05) is 18.9 Å². The highest BCUT2D eigenvalue weighted by Gasteiger charge is 2.19. The van der Waals surface area contributed by atoms with Gasteiger partial charge < -0.3 is 10.4 Å². The van der Waals surface area contributed by atoms with Gasteiger partial charge in [0.2, 0.25) is 5.91 Å². The van der Waals surface area contributed by atoms with E-state index in [1.54, 1.807) is 24.0 Å². The molecule has 106 valence electrons. The van der Waals surface area contributed by atoms with Crippen molar-refractivity contribution in [2.45, 2.75) is 32.9 Å². The molecule has 0 fully saturated rings. The van der Waals surface area contributed by atoms with E-state index in [2.05, 4.69) is 10.4 Å². The van der Waals surface area contributed by atoms with Gasteiger partial charge in [0.05, 0.1) is 12.7 Å². The summed E-state index contributed by atoms with van der Waals surface area (Å²) in [6.45, 7) is 4.31. The molecule has 1 amide bonds. The molecule has 0 spiro atoms. The molecule has 1 aromatic rings. The summed E-state index contributed by atoms with van der Waals surface area (Å²) in [5.74, 6) is -0.581. The van der Waals surface area contributed by atoms with Crippen molar-refractivity contribution in [3.8, 4) is 0 Å². The Labute approximate surface area is 112 Å². The zero-order valence-corrected chi connectivity index (χ0v) is 11.5. The van der Waals surface area contributed by atoms with Crippen molar-refractivity contribution in [1.29, 1.82) is 0 Å². The number of nitrogens with one attached hydrogen (secondary N) is 1. The quantitative estimate of drug-likeness (QED) is 0.757. The highest BCUT2D eigenvalue weighted by molar-refractivity contribution is 5.91. The number of hydrogen-bond acceptors (Lipinski definition) is 4. The number of carbonyl (C=O) groups is 2. The van der Waals surface area contributed by atoms with E-state index in [0.29, 0.717) is 5.82 Å². The molecule has 1 heterocycles.